The summed E-state index contributed by atoms with van der Waals surface area (Å²) in [6.07, 6.45) is 6.95. The zero-order valence-corrected chi connectivity index (χ0v) is 13.7. The molecule has 2 fully saturated rings. The van der Waals surface area contributed by atoms with Crippen molar-refractivity contribution in [3.63, 3.8) is 0 Å². The Morgan fingerprint density at radius 3 is 2.70 bits per heavy atom. The van der Waals surface area contributed by atoms with Gasteiger partial charge in [0.1, 0.15) is 0 Å². The Morgan fingerprint density at radius 1 is 1.13 bits per heavy atom. The zero-order valence-electron chi connectivity index (χ0n) is 13.7. The summed E-state index contributed by atoms with van der Waals surface area (Å²) < 4.78 is 0. The normalized spacial score (nSPS) is 21.2. The highest BCUT2D eigenvalue weighted by Gasteiger charge is 2.31. The molecule has 0 N–H and O–H groups in total. The van der Waals surface area contributed by atoms with E-state index in [0.29, 0.717) is 12.5 Å². The maximum atomic E-state index is 12.5. The van der Waals surface area contributed by atoms with Crippen molar-refractivity contribution in [2.75, 3.05) is 19.6 Å². The lowest BCUT2D eigenvalue weighted by atomic mass is 10.0. The van der Waals surface area contributed by atoms with Crippen LogP contribution in [0.2, 0.25) is 0 Å². The van der Waals surface area contributed by atoms with Gasteiger partial charge in [0.05, 0.1) is 6.54 Å². The monoisotopic (exact) mass is 314 g/mol. The molecule has 1 unspecified atom stereocenters. The lowest BCUT2D eigenvalue weighted by Crippen LogP contribution is -2.43. The van der Waals surface area contributed by atoms with Gasteiger partial charge in [-0.25, -0.2) is 0 Å². The lowest BCUT2D eigenvalue weighted by molar-refractivity contribution is -0.139. The Balaban J connectivity index is 1.47. The molecule has 4 heteroatoms. The minimum absolute atomic E-state index is 0.137. The summed E-state index contributed by atoms with van der Waals surface area (Å²) in [6, 6.07) is 10.9. The maximum Gasteiger partial charge on any atom is 0.242 e. The van der Waals surface area contributed by atoms with Crippen LogP contribution >= 0.6 is 0 Å². The third kappa shape index (κ3) is 4.12. The van der Waals surface area contributed by atoms with E-state index >= 15 is 0 Å². The summed E-state index contributed by atoms with van der Waals surface area (Å²) in [5.41, 5.74) is 1.37. The smallest absolute Gasteiger partial charge is 0.242 e. The summed E-state index contributed by atoms with van der Waals surface area (Å²) in [6.45, 7) is 1.89. The molecule has 0 aliphatic carbocycles. The van der Waals surface area contributed by atoms with Gasteiger partial charge >= 0.3 is 0 Å². The van der Waals surface area contributed by atoms with Gasteiger partial charge in [0, 0.05) is 25.6 Å². The molecule has 1 aromatic carbocycles. The molecular formula is C19H26N2O2. The average molecular weight is 314 g/mol. The van der Waals surface area contributed by atoms with Crippen molar-refractivity contribution in [2.45, 2.75) is 51.0 Å². The summed E-state index contributed by atoms with van der Waals surface area (Å²) in [7, 11) is 0. The van der Waals surface area contributed by atoms with Crippen LogP contribution in [0.1, 0.15) is 44.1 Å². The molecule has 2 aliphatic heterocycles. The quantitative estimate of drug-likeness (QED) is 0.810. The van der Waals surface area contributed by atoms with Crippen LogP contribution in [-0.4, -0.2) is 47.3 Å². The van der Waals surface area contributed by atoms with Crippen molar-refractivity contribution in [3.8, 4) is 0 Å². The molecule has 0 radical (unpaired) electrons. The average Bonchev–Trinajstić information content (AvgIpc) is 3.18. The first-order valence-corrected chi connectivity index (χ1v) is 8.85. The largest absolute Gasteiger partial charge is 0.338 e. The second-order valence-corrected chi connectivity index (χ2v) is 6.68. The van der Waals surface area contributed by atoms with Crippen molar-refractivity contribution >= 4 is 11.8 Å². The second-order valence-electron chi connectivity index (χ2n) is 6.68. The van der Waals surface area contributed by atoms with Crippen LogP contribution in [0.3, 0.4) is 0 Å². The number of carbonyl (C=O) groups excluding carboxylic acids is 2. The fourth-order valence-electron chi connectivity index (χ4n) is 3.78. The minimum atomic E-state index is 0.137. The standard InChI is InChI=1S/C19H26N2O2/c22-18-12-6-13-20(18)15-19(23)21-14-5-11-17(21)10-4-9-16-7-2-1-3-8-16/h1-3,7-8,17H,4-6,9-15H2. The zero-order chi connectivity index (χ0) is 16.1. The Kier molecular flexibility index (Phi) is 5.31. The van der Waals surface area contributed by atoms with Crippen LogP contribution in [0.5, 0.6) is 0 Å². The van der Waals surface area contributed by atoms with Crippen molar-refractivity contribution in [3.05, 3.63) is 35.9 Å². The number of aryl methyl sites for hydroxylation is 1. The number of likely N-dealkylation sites (tertiary alicyclic amines) is 2. The highest BCUT2D eigenvalue weighted by atomic mass is 16.2. The van der Waals surface area contributed by atoms with Gasteiger partial charge in [0.25, 0.3) is 0 Å². The topological polar surface area (TPSA) is 40.6 Å². The van der Waals surface area contributed by atoms with Gasteiger partial charge in [-0.1, -0.05) is 30.3 Å². The van der Waals surface area contributed by atoms with Crippen LogP contribution in [0.4, 0.5) is 0 Å². The molecule has 0 spiro atoms. The van der Waals surface area contributed by atoms with Crippen molar-refractivity contribution in [1.29, 1.82) is 0 Å². The molecule has 3 rings (SSSR count). The molecule has 1 aromatic rings. The molecule has 2 amide bonds. The van der Waals surface area contributed by atoms with E-state index in [0.717, 1.165) is 51.6 Å². The van der Waals surface area contributed by atoms with E-state index in [2.05, 4.69) is 24.3 Å². The molecular weight excluding hydrogens is 288 g/mol. The molecule has 0 bridgehead atoms. The van der Waals surface area contributed by atoms with Gasteiger partial charge in [-0.2, -0.15) is 0 Å². The summed E-state index contributed by atoms with van der Waals surface area (Å²) in [4.78, 5) is 28.0. The summed E-state index contributed by atoms with van der Waals surface area (Å²) in [5.74, 6) is 0.278. The van der Waals surface area contributed by atoms with E-state index < -0.39 is 0 Å². The molecule has 23 heavy (non-hydrogen) atoms. The van der Waals surface area contributed by atoms with Gasteiger partial charge < -0.3 is 9.80 Å². The summed E-state index contributed by atoms with van der Waals surface area (Å²) in [5, 5.41) is 0. The van der Waals surface area contributed by atoms with Gasteiger partial charge in [-0.3, -0.25) is 9.59 Å². The molecule has 2 saturated heterocycles. The van der Waals surface area contributed by atoms with E-state index in [1.807, 2.05) is 11.0 Å². The Hall–Kier alpha value is -1.84. The van der Waals surface area contributed by atoms with Gasteiger partial charge in [0.15, 0.2) is 0 Å². The van der Waals surface area contributed by atoms with Crippen molar-refractivity contribution in [1.82, 2.24) is 9.80 Å². The van der Waals surface area contributed by atoms with Gasteiger partial charge in [-0.05, 0) is 44.1 Å². The van der Waals surface area contributed by atoms with E-state index in [1.54, 1.807) is 4.90 Å². The number of nitrogens with zero attached hydrogens (tertiary/aromatic N) is 2. The first-order valence-electron chi connectivity index (χ1n) is 8.85. The predicted octanol–water partition coefficient (Wildman–Crippen LogP) is 2.62. The van der Waals surface area contributed by atoms with Crippen LogP contribution in [0.25, 0.3) is 0 Å². The van der Waals surface area contributed by atoms with Crippen molar-refractivity contribution in [2.24, 2.45) is 0 Å². The highest BCUT2D eigenvalue weighted by molar-refractivity contribution is 5.86. The van der Waals surface area contributed by atoms with Crippen molar-refractivity contribution < 1.29 is 9.59 Å². The van der Waals surface area contributed by atoms with Gasteiger partial charge in [-0.15, -0.1) is 0 Å². The number of carbonyl (C=O) groups is 2. The number of amides is 2. The summed E-state index contributed by atoms with van der Waals surface area (Å²) >= 11 is 0. The van der Waals surface area contributed by atoms with Crippen LogP contribution < -0.4 is 0 Å². The minimum Gasteiger partial charge on any atom is -0.338 e. The first-order chi connectivity index (χ1) is 11.2. The third-order valence-corrected chi connectivity index (χ3v) is 5.04. The Bertz CT molecular complexity index is 544. The van der Waals surface area contributed by atoms with E-state index in [1.165, 1.54) is 5.56 Å². The fourth-order valence-corrected chi connectivity index (χ4v) is 3.78. The third-order valence-electron chi connectivity index (χ3n) is 5.04. The number of rotatable bonds is 6. The molecule has 0 saturated carbocycles. The molecule has 2 aliphatic rings. The SMILES string of the molecule is O=C1CCCN1CC(=O)N1CCCC1CCCc1ccccc1. The maximum absolute atomic E-state index is 12.5. The van der Waals surface area contributed by atoms with Crippen LogP contribution in [-0.2, 0) is 16.0 Å². The molecule has 0 aromatic heterocycles. The molecule has 124 valence electrons. The Labute approximate surface area is 138 Å². The van der Waals surface area contributed by atoms with E-state index in [4.69, 9.17) is 0 Å². The Morgan fingerprint density at radius 2 is 1.96 bits per heavy atom. The molecule has 1 atom stereocenters. The van der Waals surface area contributed by atoms with E-state index in [9.17, 15) is 9.59 Å². The molecule has 2 heterocycles. The van der Waals surface area contributed by atoms with E-state index in [-0.39, 0.29) is 18.4 Å². The molecule has 4 nitrogen and oxygen atoms in total. The van der Waals surface area contributed by atoms with Crippen LogP contribution in [0, 0.1) is 0 Å². The fraction of sp³-hybridized carbons (Fsp3) is 0.579. The first kappa shape index (κ1) is 16.0. The lowest BCUT2D eigenvalue weighted by Gasteiger charge is -2.27. The predicted molar refractivity (Wildman–Crippen MR) is 89.9 cm³/mol. The second kappa shape index (κ2) is 7.62. The highest BCUT2D eigenvalue weighted by Crippen LogP contribution is 2.23. The number of hydrogen-bond donors (Lipinski definition) is 0. The van der Waals surface area contributed by atoms with Crippen LogP contribution in [0.15, 0.2) is 30.3 Å². The number of benzene rings is 1. The van der Waals surface area contributed by atoms with Gasteiger partial charge in [0.2, 0.25) is 11.8 Å². The number of hydrogen-bond acceptors (Lipinski definition) is 2.